The van der Waals surface area contributed by atoms with E-state index in [1.807, 2.05) is 30.3 Å². The van der Waals surface area contributed by atoms with E-state index in [0.29, 0.717) is 15.6 Å². The Bertz CT molecular complexity index is 1100. The number of ether oxygens (including phenoxy) is 1. The van der Waals surface area contributed by atoms with Crippen molar-refractivity contribution >= 4 is 29.1 Å². The summed E-state index contributed by atoms with van der Waals surface area (Å²) in [6, 6.07) is 11.7. The number of rotatable bonds is 6. The van der Waals surface area contributed by atoms with Gasteiger partial charge in [0.05, 0.1) is 30.0 Å². The van der Waals surface area contributed by atoms with Gasteiger partial charge in [-0.2, -0.15) is 5.10 Å². The van der Waals surface area contributed by atoms with Gasteiger partial charge in [-0.05, 0) is 6.92 Å². The number of aryl methyl sites for hydroxylation is 1. The van der Waals surface area contributed by atoms with Crippen LogP contribution in [0.5, 0.6) is 11.5 Å². The Morgan fingerprint density at radius 3 is 2.72 bits per heavy atom. The largest absolute Gasteiger partial charge is 0.504 e. The minimum atomic E-state index is -0.621. The molecule has 3 rings (SSSR count). The maximum absolute atomic E-state index is 12.4. The molecule has 29 heavy (non-hydrogen) atoms. The van der Waals surface area contributed by atoms with Gasteiger partial charge in [-0.1, -0.05) is 30.3 Å². The molecule has 1 heterocycles. The van der Waals surface area contributed by atoms with Crippen LogP contribution in [-0.4, -0.2) is 34.2 Å². The van der Waals surface area contributed by atoms with E-state index in [-0.39, 0.29) is 22.7 Å². The number of hydrogen-bond donors (Lipinski definition) is 2. The Morgan fingerprint density at radius 2 is 2.07 bits per heavy atom. The van der Waals surface area contributed by atoms with E-state index in [9.17, 15) is 20.0 Å². The SMILES string of the molecule is COc1cc([N+](=O)[O-])cc(/C=N/NC(=O)c2sc(-c3ccccc3)nc2C)c1O. The van der Waals surface area contributed by atoms with Crippen molar-refractivity contribution in [3.05, 3.63) is 68.7 Å². The molecule has 2 aromatic carbocycles. The van der Waals surface area contributed by atoms with Crippen LogP contribution in [0.3, 0.4) is 0 Å². The molecule has 0 aliphatic heterocycles. The van der Waals surface area contributed by atoms with Gasteiger partial charge in [0.2, 0.25) is 0 Å². The number of hydrazone groups is 1. The summed E-state index contributed by atoms with van der Waals surface area (Å²) >= 11 is 1.23. The molecule has 0 radical (unpaired) electrons. The minimum Gasteiger partial charge on any atom is -0.504 e. The van der Waals surface area contributed by atoms with Gasteiger partial charge in [-0.15, -0.1) is 11.3 Å². The third kappa shape index (κ3) is 4.38. The highest BCUT2D eigenvalue weighted by atomic mass is 32.1. The Kier molecular flexibility index (Phi) is 5.84. The number of nitrogens with one attached hydrogen (secondary N) is 1. The smallest absolute Gasteiger partial charge is 0.283 e. The first-order valence-corrected chi connectivity index (χ1v) is 9.14. The lowest BCUT2D eigenvalue weighted by Crippen LogP contribution is -2.17. The number of benzene rings is 2. The second-order valence-electron chi connectivity index (χ2n) is 5.84. The van der Waals surface area contributed by atoms with Gasteiger partial charge in [-0.25, -0.2) is 10.4 Å². The van der Waals surface area contributed by atoms with Crippen molar-refractivity contribution in [2.75, 3.05) is 7.11 Å². The van der Waals surface area contributed by atoms with Gasteiger partial charge in [0.25, 0.3) is 11.6 Å². The summed E-state index contributed by atoms with van der Waals surface area (Å²) < 4.78 is 4.92. The number of methoxy groups -OCH3 is 1. The van der Waals surface area contributed by atoms with Crippen LogP contribution in [0, 0.1) is 17.0 Å². The van der Waals surface area contributed by atoms with E-state index < -0.39 is 10.8 Å². The van der Waals surface area contributed by atoms with Crippen molar-refractivity contribution in [2.24, 2.45) is 5.10 Å². The van der Waals surface area contributed by atoms with Gasteiger partial charge in [0, 0.05) is 17.2 Å². The Balaban J connectivity index is 1.79. The summed E-state index contributed by atoms with van der Waals surface area (Å²) in [6.45, 7) is 1.72. The molecule has 0 saturated carbocycles. The quantitative estimate of drug-likeness (QED) is 0.362. The maximum atomic E-state index is 12.4. The highest BCUT2D eigenvalue weighted by Gasteiger charge is 2.17. The summed E-state index contributed by atoms with van der Waals surface area (Å²) in [7, 11) is 1.28. The van der Waals surface area contributed by atoms with E-state index >= 15 is 0 Å². The van der Waals surface area contributed by atoms with E-state index in [1.165, 1.54) is 18.4 Å². The molecule has 9 nitrogen and oxygen atoms in total. The van der Waals surface area contributed by atoms with Crippen LogP contribution < -0.4 is 10.2 Å². The zero-order chi connectivity index (χ0) is 21.0. The highest BCUT2D eigenvalue weighted by molar-refractivity contribution is 7.17. The molecule has 0 aliphatic carbocycles. The minimum absolute atomic E-state index is 0.0300. The molecule has 0 unspecified atom stereocenters. The Labute approximate surface area is 169 Å². The first-order chi connectivity index (χ1) is 13.9. The molecule has 148 valence electrons. The summed E-state index contributed by atoms with van der Waals surface area (Å²) in [5, 5.41) is 25.6. The van der Waals surface area contributed by atoms with Crippen molar-refractivity contribution in [3.8, 4) is 22.1 Å². The molecular formula is C19H16N4O5S. The van der Waals surface area contributed by atoms with Crippen LogP contribution in [0.15, 0.2) is 47.6 Å². The molecule has 0 saturated heterocycles. The number of thiazole rings is 1. The number of phenols is 1. The van der Waals surface area contributed by atoms with E-state index in [0.717, 1.165) is 23.9 Å². The third-order valence-corrected chi connectivity index (χ3v) is 5.12. The first kappa shape index (κ1) is 20.0. The zero-order valence-corrected chi connectivity index (χ0v) is 16.3. The van der Waals surface area contributed by atoms with Crippen molar-refractivity contribution in [1.82, 2.24) is 10.4 Å². The van der Waals surface area contributed by atoms with Gasteiger partial charge >= 0.3 is 0 Å². The molecule has 1 aromatic heterocycles. The number of nitro groups is 1. The monoisotopic (exact) mass is 412 g/mol. The molecule has 0 atom stereocenters. The zero-order valence-electron chi connectivity index (χ0n) is 15.4. The second kappa shape index (κ2) is 8.48. The van der Waals surface area contributed by atoms with Crippen molar-refractivity contribution < 1.29 is 19.6 Å². The average molecular weight is 412 g/mol. The Hall–Kier alpha value is -3.79. The normalized spacial score (nSPS) is 10.8. The van der Waals surface area contributed by atoms with Crippen LogP contribution in [0.4, 0.5) is 5.69 Å². The number of carbonyl (C=O) groups is 1. The van der Waals surface area contributed by atoms with Gasteiger partial charge < -0.3 is 9.84 Å². The number of aromatic hydroxyl groups is 1. The van der Waals surface area contributed by atoms with E-state index in [4.69, 9.17) is 4.74 Å². The summed E-state index contributed by atoms with van der Waals surface area (Å²) in [6.07, 6.45) is 1.11. The van der Waals surface area contributed by atoms with Crippen molar-refractivity contribution in [2.45, 2.75) is 6.92 Å². The predicted molar refractivity (Wildman–Crippen MR) is 109 cm³/mol. The molecule has 3 aromatic rings. The Morgan fingerprint density at radius 1 is 1.34 bits per heavy atom. The van der Waals surface area contributed by atoms with Crippen LogP contribution in [0.25, 0.3) is 10.6 Å². The molecule has 0 bridgehead atoms. The summed E-state index contributed by atoms with van der Waals surface area (Å²) in [4.78, 5) is 27.6. The fourth-order valence-corrected chi connectivity index (χ4v) is 3.46. The van der Waals surface area contributed by atoms with Gasteiger partial charge in [-0.3, -0.25) is 14.9 Å². The fraction of sp³-hybridized carbons (Fsp3) is 0.105. The fourth-order valence-electron chi connectivity index (χ4n) is 2.50. The number of hydrogen-bond acceptors (Lipinski definition) is 8. The lowest BCUT2D eigenvalue weighted by molar-refractivity contribution is -0.385. The molecule has 0 aliphatic rings. The molecule has 0 fully saturated rings. The number of carbonyl (C=O) groups excluding carboxylic acids is 1. The lowest BCUT2D eigenvalue weighted by atomic mass is 10.2. The average Bonchev–Trinajstić information content (AvgIpc) is 3.11. The molecule has 0 spiro atoms. The van der Waals surface area contributed by atoms with Crippen molar-refractivity contribution in [3.63, 3.8) is 0 Å². The molecule has 1 amide bonds. The molecule has 2 N–H and O–H groups in total. The summed E-state index contributed by atoms with van der Waals surface area (Å²) in [5.41, 5.74) is 3.55. The number of aromatic nitrogens is 1. The van der Waals surface area contributed by atoms with Crippen LogP contribution >= 0.6 is 11.3 Å². The maximum Gasteiger partial charge on any atom is 0.283 e. The second-order valence-corrected chi connectivity index (χ2v) is 6.84. The van der Waals surface area contributed by atoms with E-state index in [2.05, 4.69) is 15.5 Å². The van der Waals surface area contributed by atoms with Gasteiger partial charge in [0.15, 0.2) is 11.5 Å². The van der Waals surface area contributed by atoms with Gasteiger partial charge in [0.1, 0.15) is 9.88 Å². The highest BCUT2D eigenvalue weighted by Crippen LogP contribution is 2.33. The molecular weight excluding hydrogens is 396 g/mol. The molecule has 10 heteroatoms. The number of nitrogens with zero attached hydrogens (tertiary/aromatic N) is 3. The number of non-ortho nitro benzene ring substituents is 1. The van der Waals surface area contributed by atoms with E-state index in [1.54, 1.807) is 6.92 Å². The third-order valence-electron chi connectivity index (χ3n) is 3.91. The predicted octanol–water partition coefficient (Wildman–Crippen LogP) is 3.50. The van der Waals surface area contributed by atoms with Crippen LogP contribution in [0.2, 0.25) is 0 Å². The topological polar surface area (TPSA) is 127 Å². The standard InChI is InChI=1S/C19H16N4O5S/c1-11-17(29-19(21-11)12-6-4-3-5-7-12)18(25)22-20-10-13-8-14(23(26)27)9-15(28-2)16(13)24/h3-10,24H,1-2H3,(H,22,25)/b20-10+. The van der Waals surface area contributed by atoms with Crippen LogP contribution in [-0.2, 0) is 0 Å². The van der Waals surface area contributed by atoms with Crippen LogP contribution in [0.1, 0.15) is 20.9 Å². The summed E-state index contributed by atoms with van der Waals surface area (Å²) in [5.74, 6) is -0.871. The number of nitro benzene ring substituents is 1. The lowest BCUT2D eigenvalue weighted by Gasteiger charge is -2.05. The first-order valence-electron chi connectivity index (χ1n) is 8.32. The number of phenolic OH excluding ortho intramolecular Hbond substituents is 1. The number of amides is 1. The van der Waals surface area contributed by atoms with Crippen molar-refractivity contribution in [1.29, 1.82) is 0 Å².